The predicted molar refractivity (Wildman–Crippen MR) is 105 cm³/mol. The van der Waals surface area contributed by atoms with E-state index in [0.717, 1.165) is 31.1 Å². The Kier molecular flexibility index (Phi) is 5.57. The van der Waals surface area contributed by atoms with Gasteiger partial charge in [0.05, 0.1) is 12.8 Å². The van der Waals surface area contributed by atoms with Gasteiger partial charge in [-0.1, -0.05) is 12.1 Å². The van der Waals surface area contributed by atoms with Crippen molar-refractivity contribution in [1.82, 2.24) is 14.9 Å². The third-order valence-electron chi connectivity index (χ3n) is 4.03. The fraction of sp³-hybridized carbons (Fsp3) is 0.143. The number of ether oxygens (including phenoxy) is 1. The van der Waals surface area contributed by atoms with E-state index in [1.165, 1.54) is 11.1 Å². The fourth-order valence-electron chi connectivity index (χ4n) is 2.80. The molecule has 4 rings (SSSR count). The van der Waals surface area contributed by atoms with Crippen LogP contribution < -0.4 is 4.74 Å². The molecule has 136 valence electrons. The summed E-state index contributed by atoms with van der Waals surface area (Å²) in [4.78, 5) is 10.5. The van der Waals surface area contributed by atoms with Crippen LogP contribution in [-0.2, 0) is 19.6 Å². The van der Waals surface area contributed by atoms with Crippen LogP contribution in [0.25, 0.3) is 0 Å². The zero-order valence-electron chi connectivity index (χ0n) is 14.7. The predicted octanol–water partition coefficient (Wildman–Crippen LogP) is 5.13. The maximum atomic E-state index is 5.66. The van der Waals surface area contributed by atoms with Crippen molar-refractivity contribution < 1.29 is 9.15 Å². The Hall–Kier alpha value is -2.96. The molecule has 0 fully saturated rings. The highest BCUT2D eigenvalue weighted by Gasteiger charge is 2.11. The quantitative estimate of drug-likeness (QED) is 0.426. The fourth-order valence-corrected chi connectivity index (χ4v) is 3.46. The summed E-state index contributed by atoms with van der Waals surface area (Å²) < 4.78 is 11.2. The van der Waals surface area contributed by atoms with Crippen LogP contribution in [0.1, 0.15) is 16.9 Å². The Balaban J connectivity index is 1.43. The number of furan rings is 1. The van der Waals surface area contributed by atoms with Crippen LogP contribution in [0.15, 0.2) is 82.4 Å². The number of hydrogen-bond donors (Lipinski definition) is 0. The monoisotopic (exact) mass is 377 g/mol. The number of aromatic nitrogens is 2. The number of rotatable bonds is 8. The van der Waals surface area contributed by atoms with Crippen LogP contribution in [0, 0.1) is 0 Å². The van der Waals surface area contributed by atoms with Gasteiger partial charge in [-0.25, -0.2) is 9.97 Å². The van der Waals surface area contributed by atoms with Crippen molar-refractivity contribution in [1.29, 1.82) is 0 Å². The zero-order chi connectivity index (χ0) is 18.3. The molecule has 4 aromatic rings. The summed E-state index contributed by atoms with van der Waals surface area (Å²) in [5.41, 5.74) is 2.52. The molecule has 1 aromatic carbocycles. The van der Waals surface area contributed by atoms with Gasteiger partial charge >= 0.3 is 6.01 Å². The normalized spacial score (nSPS) is 11.0. The van der Waals surface area contributed by atoms with Gasteiger partial charge in [-0.05, 0) is 58.3 Å². The van der Waals surface area contributed by atoms with Gasteiger partial charge in [-0.15, -0.1) is 0 Å². The van der Waals surface area contributed by atoms with Crippen LogP contribution in [0.3, 0.4) is 0 Å². The smallest absolute Gasteiger partial charge is 0.321 e. The first-order valence-corrected chi connectivity index (χ1v) is 9.59. The first-order chi connectivity index (χ1) is 13.3. The Labute approximate surface area is 161 Å². The molecule has 0 bridgehead atoms. The van der Waals surface area contributed by atoms with Crippen LogP contribution in [-0.4, -0.2) is 14.9 Å². The Morgan fingerprint density at radius 1 is 0.889 bits per heavy atom. The summed E-state index contributed by atoms with van der Waals surface area (Å²) in [7, 11) is 0. The largest absolute Gasteiger partial charge is 0.468 e. The third-order valence-corrected chi connectivity index (χ3v) is 4.76. The maximum Gasteiger partial charge on any atom is 0.321 e. The topological polar surface area (TPSA) is 51.4 Å². The molecule has 3 heterocycles. The molecule has 0 radical (unpaired) electrons. The average Bonchev–Trinajstić information content (AvgIpc) is 3.38. The summed E-state index contributed by atoms with van der Waals surface area (Å²) in [6.07, 6.45) is 5.04. The SMILES string of the molecule is c1cnc(Oc2ccc(CN(Cc3ccsc3)Cc3ccco3)cc2)nc1. The van der Waals surface area contributed by atoms with Crippen molar-refractivity contribution in [2.45, 2.75) is 19.6 Å². The molecule has 0 aliphatic heterocycles. The highest BCUT2D eigenvalue weighted by atomic mass is 32.1. The van der Waals surface area contributed by atoms with Crippen LogP contribution in [0.5, 0.6) is 11.8 Å². The van der Waals surface area contributed by atoms with Crippen molar-refractivity contribution in [3.8, 4) is 11.8 Å². The molecule has 6 heteroatoms. The minimum atomic E-state index is 0.349. The molecule has 0 N–H and O–H groups in total. The van der Waals surface area contributed by atoms with Crippen molar-refractivity contribution in [2.24, 2.45) is 0 Å². The van der Waals surface area contributed by atoms with Gasteiger partial charge < -0.3 is 9.15 Å². The highest BCUT2D eigenvalue weighted by Crippen LogP contribution is 2.20. The van der Waals surface area contributed by atoms with Crippen LogP contribution >= 0.6 is 11.3 Å². The molecule has 5 nitrogen and oxygen atoms in total. The second-order valence-corrected chi connectivity index (χ2v) is 6.91. The van der Waals surface area contributed by atoms with Gasteiger partial charge in [0.15, 0.2) is 0 Å². The van der Waals surface area contributed by atoms with Gasteiger partial charge in [0.25, 0.3) is 0 Å². The average molecular weight is 377 g/mol. The minimum Gasteiger partial charge on any atom is -0.468 e. The lowest BCUT2D eigenvalue weighted by Crippen LogP contribution is -2.21. The lowest BCUT2D eigenvalue weighted by molar-refractivity contribution is 0.227. The van der Waals surface area contributed by atoms with E-state index < -0.39 is 0 Å². The lowest BCUT2D eigenvalue weighted by atomic mass is 10.2. The molecule has 0 amide bonds. The molecule has 3 aromatic heterocycles. The number of hydrogen-bond acceptors (Lipinski definition) is 6. The van der Waals surface area contributed by atoms with Gasteiger partial charge in [0, 0.05) is 25.5 Å². The third kappa shape index (κ3) is 5.03. The summed E-state index contributed by atoms with van der Waals surface area (Å²) in [5.74, 6) is 1.69. The van der Waals surface area contributed by atoms with Gasteiger partial charge in [0.2, 0.25) is 0 Å². The number of thiophene rings is 1. The van der Waals surface area contributed by atoms with Crippen molar-refractivity contribution in [3.05, 3.63) is 94.8 Å². The van der Waals surface area contributed by atoms with Gasteiger partial charge in [-0.2, -0.15) is 11.3 Å². The molecular weight excluding hydrogens is 358 g/mol. The van der Waals surface area contributed by atoms with Gasteiger partial charge in [0.1, 0.15) is 11.5 Å². The van der Waals surface area contributed by atoms with E-state index in [0.29, 0.717) is 6.01 Å². The molecule has 0 spiro atoms. The first kappa shape index (κ1) is 17.5. The van der Waals surface area contributed by atoms with Crippen molar-refractivity contribution >= 4 is 11.3 Å². The minimum absolute atomic E-state index is 0.349. The Morgan fingerprint density at radius 3 is 2.41 bits per heavy atom. The summed E-state index contributed by atoms with van der Waals surface area (Å²) >= 11 is 1.72. The molecular formula is C21H19N3O2S. The van der Waals surface area contributed by atoms with E-state index in [4.69, 9.17) is 9.15 Å². The number of nitrogens with zero attached hydrogens (tertiary/aromatic N) is 3. The molecule has 0 saturated carbocycles. The van der Waals surface area contributed by atoms with E-state index >= 15 is 0 Å². The maximum absolute atomic E-state index is 5.66. The number of benzene rings is 1. The Morgan fingerprint density at radius 2 is 1.70 bits per heavy atom. The van der Waals surface area contributed by atoms with E-state index in [2.05, 4.69) is 43.8 Å². The van der Waals surface area contributed by atoms with E-state index in [9.17, 15) is 0 Å². The molecule has 0 aliphatic rings. The second kappa shape index (κ2) is 8.62. The molecule has 0 unspecified atom stereocenters. The Bertz CT molecular complexity index is 887. The van der Waals surface area contributed by atoms with Crippen LogP contribution in [0.4, 0.5) is 0 Å². The van der Waals surface area contributed by atoms with Crippen LogP contribution in [0.2, 0.25) is 0 Å². The molecule has 27 heavy (non-hydrogen) atoms. The van der Waals surface area contributed by atoms with Gasteiger partial charge in [-0.3, -0.25) is 4.90 Å². The lowest BCUT2D eigenvalue weighted by Gasteiger charge is -2.21. The summed E-state index contributed by atoms with van der Waals surface area (Å²) in [5, 5.41) is 4.30. The molecule has 0 saturated heterocycles. The molecule has 0 aliphatic carbocycles. The second-order valence-electron chi connectivity index (χ2n) is 6.13. The highest BCUT2D eigenvalue weighted by molar-refractivity contribution is 7.07. The molecule has 0 atom stereocenters. The standard InChI is InChI=1S/C21H19N3O2S/c1-3-20(25-11-1)15-24(14-18-8-12-27-16-18)13-17-4-6-19(7-5-17)26-21-22-9-2-10-23-21/h1-12,16H,13-15H2. The van der Waals surface area contributed by atoms with Crippen molar-refractivity contribution in [2.75, 3.05) is 0 Å². The van der Waals surface area contributed by atoms with E-state index in [-0.39, 0.29) is 0 Å². The first-order valence-electron chi connectivity index (χ1n) is 8.65. The van der Waals surface area contributed by atoms with Crippen molar-refractivity contribution in [3.63, 3.8) is 0 Å². The summed E-state index contributed by atoms with van der Waals surface area (Å²) in [6.45, 7) is 2.46. The zero-order valence-corrected chi connectivity index (χ0v) is 15.5. The summed E-state index contributed by atoms with van der Waals surface area (Å²) in [6, 6.07) is 16.2. The van der Waals surface area contributed by atoms with E-state index in [1.807, 2.05) is 24.3 Å². The van der Waals surface area contributed by atoms with E-state index in [1.54, 1.807) is 36.1 Å².